The Kier molecular flexibility index (Phi) is 2.93. The van der Waals surface area contributed by atoms with Gasteiger partial charge in [0.15, 0.2) is 5.82 Å². The van der Waals surface area contributed by atoms with Crippen LogP contribution in [0.4, 0.5) is 5.82 Å². The second-order valence-electron chi connectivity index (χ2n) is 5.88. The van der Waals surface area contributed by atoms with Crippen LogP contribution in [0, 0.1) is 6.92 Å². The molecule has 0 bridgehead atoms. The molecule has 0 saturated heterocycles. The largest absolute Gasteiger partial charge is 0.382 e. The number of rotatable bonds is 1. The molecule has 0 spiro atoms. The molecule has 2 rings (SSSR count). The molecule has 2 aromatic rings. The van der Waals surface area contributed by atoms with E-state index in [1.165, 1.54) is 16.7 Å². The third-order valence-corrected chi connectivity index (χ3v) is 3.25. The van der Waals surface area contributed by atoms with E-state index in [-0.39, 0.29) is 5.41 Å². The predicted molar refractivity (Wildman–Crippen MR) is 76.5 cm³/mol. The van der Waals surface area contributed by atoms with Crippen LogP contribution in [-0.2, 0) is 12.5 Å². The molecule has 3 heteroatoms. The molecule has 1 aromatic carbocycles. The smallest absolute Gasteiger partial charge is 0.153 e. The van der Waals surface area contributed by atoms with Crippen molar-refractivity contribution < 1.29 is 0 Å². The minimum Gasteiger partial charge on any atom is -0.382 e. The number of nitrogen functional groups attached to an aromatic ring is 1. The summed E-state index contributed by atoms with van der Waals surface area (Å²) < 4.78 is 1.76. The van der Waals surface area contributed by atoms with Gasteiger partial charge < -0.3 is 5.73 Å². The number of benzene rings is 1. The summed E-state index contributed by atoms with van der Waals surface area (Å²) >= 11 is 0. The molecule has 2 N–H and O–H groups in total. The molecular weight excluding hydrogens is 222 g/mol. The van der Waals surface area contributed by atoms with E-state index in [1.807, 2.05) is 13.2 Å². The minimum absolute atomic E-state index is 0.138. The summed E-state index contributed by atoms with van der Waals surface area (Å²) in [6, 6.07) is 6.57. The van der Waals surface area contributed by atoms with Gasteiger partial charge in [-0.05, 0) is 29.0 Å². The van der Waals surface area contributed by atoms with Gasteiger partial charge in [0.25, 0.3) is 0 Å². The van der Waals surface area contributed by atoms with E-state index in [9.17, 15) is 0 Å². The van der Waals surface area contributed by atoms with Crippen molar-refractivity contribution in [2.75, 3.05) is 5.73 Å². The van der Waals surface area contributed by atoms with E-state index in [0.717, 1.165) is 5.56 Å². The number of anilines is 1. The fraction of sp³-hybridized carbons (Fsp3) is 0.400. The average molecular weight is 243 g/mol. The summed E-state index contributed by atoms with van der Waals surface area (Å²) in [5.74, 6) is 0.589. The van der Waals surface area contributed by atoms with Gasteiger partial charge in [0, 0.05) is 18.8 Å². The normalized spacial score (nSPS) is 11.8. The van der Waals surface area contributed by atoms with Crippen molar-refractivity contribution in [2.45, 2.75) is 33.1 Å². The highest BCUT2D eigenvalue weighted by atomic mass is 15.3. The lowest BCUT2D eigenvalue weighted by Crippen LogP contribution is -2.11. The van der Waals surface area contributed by atoms with Gasteiger partial charge in [-0.2, -0.15) is 5.10 Å². The van der Waals surface area contributed by atoms with Crippen LogP contribution in [0.15, 0.2) is 24.4 Å². The molecule has 1 heterocycles. The zero-order valence-corrected chi connectivity index (χ0v) is 11.8. The van der Waals surface area contributed by atoms with Gasteiger partial charge in [0.2, 0.25) is 0 Å². The summed E-state index contributed by atoms with van der Waals surface area (Å²) in [7, 11) is 1.89. The second kappa shape index (κ2) is 4.16. The zero-order chi connectivity index (χ0) is 13.5. The third-order valence-electron chi connectivity index (χ3n) is 3.25. The number of nitrogens with zero attached hydrogens (tertiary/aromatic N) is 2. The molecule has 0 atom stereocenters. The summed E-state index contributed by atoms with van der Waals surface area (Å²) in [5.41, 5.74) is 10.8. The Morgan fingerprint density at radius 1 is 1.17 bits per heavy atom. The van der Waals surface area contributed by atoms with Crippen LogP contribution in [0.25, 0.3) is 11.1 Å². The van der Waals surface area contributed by atoms with E-state index in [1.54, 1.807) is 4.68 Å². The molecule has 18 heavy (non-hydrogen) atoms. The van der Waals surface area contributed by atoms with Gasteiger partial charge in [0.1, 0.15) is 0 Å². The number of nitrogens with two attached hydrogens (primary N) is 1. The highest BCUT2D eigenvalue weighted by Crippen LogP contribution is 2.32. The predicted octanol–water partition coefficient (Wildman–Crippen LogP) is 3.28. The van der Waals surface area contributed by atoms with Crippen LogP contribution in [0.2, 0.25) is 0 Å². The highest BCUT2D eigenvalue weighted by molar-refractivity contribution is 5.76. The Labute approximate surface area is 109 Å². The molecule has 3 nitrogen and oxygen atoms in total. The van der Waals surface area contributed by atoms with Crippen LogP contribution in [0.3, 0.4) is 0 Å². The molecule has 0 aliphatic heterocycles. The minimum atomic E-state index is 0.138. The lowest BCUT2D eigenvalue weighted by atomic mass is 9.84. The van der Waals surface area contributed by atoms with Crippen molar-refractivity contribution in [2.24, 2.45) is 7.05 Å². The number of aromatic nitrogens is 2. The Morgan fingerprint density at radius 2 is 1.83 bits per heavy atom. The second-order valence-corrected chi connectivity index (χ2v) is 5.88. The quantitative estimate of drug-likeness (QED) is 0.835. The SMILES string of the molecule is Cc1ccc(C(C)(C)C)cc1-c1cn(C)nc1N. The molecule has 0 unspecified atom stereocenters. The van der Waals surface area contributed by atoms with Crippen molar-refractivity contribution in [1.29, 1.82) is 0 Å². The molecule has 1 aromatic heterocycles. The van der Waals surface area contributed by atoms with Crippen LogP contribution in [-0.4, -0.2) is 9.78 Å². The highest BCUT2D eigenvalue weighted by Gasteiger charge is 2.17. The molecule has 0 aliphatic carbocycles. The number of hydrogen-bond acceptors (Lipinski definition) is 2. The summed E-state index contributed by atoms with van der Waals surface area (Å²) in [4.78, 5) is 0. The lowest BCUT2D eigenvalue weighted by Gasteiger charge is -2.20. The van der Waals surface area contributed by atoms with Crippen LogP contribution < -0.4 is 5.73 Å². The third kappa shape index (κ3) is 2.26. The first-order chi connectivity index (χ1) is 8.29. The monoisotopic (exact) mass is 243 g/mol. The number of aryl methyl sites for hydroxylation is 2. The molecule has 0 saturated carbocycles. The first-order valence-corrected chi connectivity index (χ1v) is 6.19. The first-order valence-electron chi connectivity index (χ1n) is 6.19. The van der Waals surface area contributed by atoms with Crippen molar-refractivity contribution >= 4 is 5.82 Å². The Balaban J connectivity index is 2.60. The topological polar surface area (TPSA) is 43.8 Å². The van der Waals surface area contributed by atoms with E-state index in [4.69, 9.17) is 5.73 Å². The van der Waals surface area contributed by atoms with Crippen LogP contribution in [0.5, 0.6) is 0 Å². The van der Waals surface area contributed by atoms with Crippen LogP contribution >= 0.6 is 0 Å². The fourth-order valence-electron chi connectivity index (χ4n) is 2.09. The first kappa shape index (κ1) is 12.7. The standard InChI is InChI=1S/C15H21N3/c1-10-6-7-11(15(2,3)4)8-12(10)13-9-18(5)17-14(13)16/h6-9H,1-5H3,(H2,16,17). The van der Waals surface area contributed by atoms with Crippen molar-refractivity contribution in [3.63, 3.8) is 0 Å². The maximum atomic E-state index is 5.97. The molecular formula is C15H21N3. The molecule has 0 fully saturated rings. The lowest BCUT2D eigenvalue weighted by molar-refractivity contribution is 0.590. The molecule has 0 aliphatic rings. The Bertz CT molecular complexity index is 574. The Morgan fingerprint density at radius 3 is 2.33 bits per heavy atom. The van der Waals surface area contributed by atoms with Crippen molar-refractivity contribution in [1.82, 2.24) is 9.78 Å². The van der Waals surface area contributed by atoms with E-state index in [0.29, 0.717) is 5.82 Å². The fourth-order valence-corrected chi connectivity index (χ4v) is 2.09. The molecule has 0 radical (unpaired) electrons. The summed E-state index contributed by atoms with van der Waals surface area (Å²) in [6.07, 6.45) is 1.98. The Hall–Kier alpha value is -1.77. The molecule has 0 amide bonds. The van der Waals surface area contributed by atoms with E-state index >= 15 is 0 Å². The van der Waals surface area contributed by atoms with Gasteiger partial charge in [-0.3, -0.25) is 4.68 Å². The number of hydrogen-bond donors (Lipinski definition) is 1. The van der Waals surface area contributed by atoms with Crippen molar-refractivity contribution in [3.05, 3.63) is 35.5 Å². The maximum absolute atomic E-state index is 5.97. The maximum Gasteiger partial charge on any atom is 0.153 e. The van der Waals surface area contributed by atoms with Gasteiger partial charge in [0.05, 0.1) is 0 Å². The van der Waals surface area contributed by atoms with Gasteiger partial charge in [-0.25, -0.2) is 0 Å². The van der Waals surface area contributed by atoms with Gasteiger partial charge in [-0.1, -0.05) is 39.0 Å². The zero-order valence-electron chi connectivity index (χ0n) is 11.8. The van der Waals surface area contributed by atoms with Crippen molar-refractivity contribution in [3.8, 4) is 11.1 Å². The average Bonchev–Trinajstić information content (AvgIpc) is 2.56. The van der Waals surface area contributed by atoms with Crippen LogP contribution in [0.1, 0.15) is 31.9 Å². The van der Waals surface area contributed by atoms with Gasteiger partial charge >= 0.3 is 0 Å². The van der Waals surface area contributed by atoms with E-state index in [2.05, 4.69) is 51.0 Å². The van der Waals surface area contributed by atoms with Gasteiger partial charge in [-0.15, -0.1) is 0 Å². The summed E-state index contributed by atoms with van der Waals surface area (Å²) in [6.45, 7) is 8.75. The summed E-state index contributed by atoms with van der Waals surface area (Å²) in [5, 5.41) is 4.21. The van der Waals surface area contributed by atoms with E-state index < -0.39 is 0 Å². The molecule has 96 valence electrons.